The summed E-state index contributed by atoms with van der Waals surface area (Å²) >= 11 is 6.52. The van der Waals surface area contributed by atoms with Crippen LogP contribution in [0.25, 0.3) is 6.08 Å². The molecule has 1 heterocycles. The van der Waals surface area contributed by atoms with E-state index in [4.69, 9.17) is 21.7 Å². The highest BCUT2D eigenvalue weighted by Crippen LogP contribution is 2.33. The molecule has 1 fully saturated rings. The van der Waals surface area contributed by atoms with Crippen molar-refractivity contribution >= 4 is 46.0 Å². The first-order chi connectivity index (χ1) is 13.9. The van der Waals surface area contributed by atoms with Crippen LogP contribution in [0.1, 0.15) is 18.1 Å². The van der Waals surface area contributed by atoms with Crippen molar-refractivity contribution in [2.24, 2.45) is 0 Å². The predicted molar refractivity (Wildman–Crippen MR) is 116 cm³/mol. The van der Waals surface area contributed by atoms with Gasteiger partial charge in [0.1, 0.15) is 22.4 Å². The van der Waals surface area contributed by atoms with E-state index in [9.17, 15) is 14.9 Å². The SMILES string of the molecule is CCN1C(=O)/C(=C/c2ccc(OC)c(COc3ccc([N+](=O)[O-])cc3)c2)SC1=S. The standard InChI is InChI=1S/C20H18N2O5S2/c1-3-21-19(23)18(29-20(21)28)11-13-4-9-17(26-2)14(10-13)12-27-16-7-5-15(6-8-16)22(24)25/h4-11H,3,12H2,1-2H3/b18-11-. The van der Waals surface area contributed by atoms with Crippen molar-refractivity contribution in [2.45, 2.75) is 13.5 Å². The number of non-ortho nitro benzene ring substituents is 1. The zero-order chi connectivity index (χ0) is 21.0. The monoisotopic (exact) mass is 430 g/mol. The van der Waals surface area contributed by atoms with Gasteiger partial charge in [0.25, 0.3) is 11.6 Å². The van der Waals surface area contributed by atoms with Gasteiger partial charge in [0.15, 0.2) is 0 Å². The molecule has 0 unspecified atom stereocenters. The van der Waals surface area contributed by atoms with Gasteiger partial charge in [0, 0.05) is 24.2 Å². The molecule has 1 aliphatic heterocycles. The van der Waals surface area contributed by atoms with Crippen molar-refractivity contribution in [3.63, 3.8) is 0 Å². The quantitative estimate of drug-likeness (QED) is 0.279. The predicted octanol–water partition coefficient (Wildman–Crippen LogP) is 4.40. The number of likely N-dealkylation sites (N-methyl/N-ethyl adjacent to an activating group) is 1. The van der Waals surface area contributed by atoms with Crippen molar-refractivity contribution in [3.8, 4) is 11.5 Å². The Kier molecular flexibility index (Phi) is 6.50. The number of methoxy groups -OCH3 is 1. The molecular formula is C20H18N2O5S2. The lowest BCUT2D eigenvalue weighted by Crippen LogP contribution is -2.27. The second-order valence-corrected chi connectivity index (χ2v) is 7.71. The van der Waals surface area contributed by atoms with Gasteiger partial charge in [-0.2, -0.15) is 0 Å². The molecule has 0 atom stereocenters. The van der Waals surface area contributed by atoms with Gasteiger partial charge in [0.2, 0.25) is 0 Å². The van der Waals surface area contributed by atoms with E-state index in [1.807, 2.05) is 19.1 Å². The molecule has 1 amide bonds. The van der Waals surface area contributed by atoms with E-state index in [2.05, 4.69) is 0 Å². The number of nitrogens with zero attached hydrogens (tertiary/aromatic N) is 2. The Morgan fingerprint density at radius 2 is 1.97 bits per heavy atom. The summed E-state index contributed by atoms with van der Waals surface area (Å²) in [6, 6.07) is 11.4. The van der Waals surface area contributed by atoms with Crippen LogP contribution in [-0.4, -0.2) is 33.7 Å². The zero-order valence-corrected chi connectivity index (χ0v) is 17.4. The van der Waals surface area contributed by atoms with Crippen LogP contribution in [0.4, 0.5) is 5.69 Å². The molecule has 1 aliphatic rings. The van der Waals surface area contributed by atoms with Crippen LogP contribution in [0.2, 0.25) is 0 Å². The van der Waals surface area contributed by atoms with Gasteiger partial charge in [-0.15, -0.1) is 0 Å². The molecule has 0 N–H and O–H groups in total. The number of hydrogen-bond donors (Lipinski definition) is 0. The summed E-state index contributed by atoms with van der Waals surface area (Å²) in [5.74, 6) is 1.05. The lowest BCUT2D eigenvalue weighted by atomic mass is 10.1. The maximum atomic E-state index is 12.4. The molecule has 29 heavy (non-hydrogen) atoms. The summed E-state index contributed by atoms with van der Waals surface area (Å²) in [5, 5.41) is 10.7. The second-order valence-electron chi connectivity index (χ2n) is 6.04. The van der Waals surface area contributed by atoms with Gasteiger partial charge in [-0.1, -0.05) is 30.0 Å². The Hall–Kier alpha value is -2.91. The lowest BCUT2D eigenvalue weighted by molar-refractivity contribution is -0.384. The van der Waals surface area contributed by atoms with E-state index in [1.54, 1.807) is 36.3 Å². The van der Waals surface area contributed by atoms with Crippen molar-refractivity contribution in [1.29, 1.82) is 0 Å². The first-order valence-corrected chi connectivity index (χ1v) is 9.95. The Labute approximate surface area is 177 Å². The zero-order valence-electron chi connectivity index (χ0n) is 15.8. The van der Waals surface area contributed by atoms with Crippen LogP contribution in [0.3, 0.4) is 0 Å². The van der Waals surface area contributed by atoms with E-state index in [0.717, 1.165) is 11.1 Å². The fraction of sp³-hybridized carbons (Fsp3) is 0.200. The number of carbonyl (C=O) groups is 1. The van der Waals surface area contributed by atoms with Crippen molar-refractivity contribution in [1.82, 2.24) is 4.90 Å². The van der Waals surface area contributed by atoms with Crippen LogP contribution in [0.15, 0.2) is 47.4 Å². The van der Waals surface area contributed by atoms with Crippen molar-refractivity contribution in [3.05, 3.63) is 68.6 Å². The average Bonchev–Trinajstić information content (AvgIpc) is 2.99. The molecule has 0 saturated carbocycles. The minimum Gasteiger partial charge on any atom is -0.496 e. The van der Waals surface area contributed by atoms with E-state index in [0.29, 0.717) is 27.3 Å². The van der Waals surface area contributed by atoms with Crippen molar-refractivity contribution < 1.29 is 19.2 Å². The normalized spacial score (nSPS) is 15.1. The van der Waals surface area contributed by atoms with Gasteiger partial charge in [-0.25, -0.2) is 0 Å². The smallest absolute Gasteiger partial charge is 0.269 e. The summed E-state index contributed by atoms with van der Waals surface area (Å²) in [6.07, 6.45) is 1.80. The van der Waals surface area contributed by atoms with Crippen LogP contribution < -0.4 is 9.47 Å². The van der Waals surface area contributed by atoms with Crippen LogP contribution >= 0.6 is 24.0 Å². The molecule has 9 heteroatoms. The number of nitro groups is 1. The molecule has 2 aromatic rings. The molecule has 1 saturated heterocycles. The van der Waals surface area contributed by atoms with Crippen molar-refractivity contribution in [2.75, 3.05) is 13.7 Å². The summed E-state index contributed by atoms with van der Waals surface area (Å²) in [7, 11) is 1.57. The summed E-state index contributed by atoms with van der Waals surface area (Å²) < 4.78 is 11.7. The largest absolute Gasteiger partial charge is 0.496 e. The summed E-state index contributed by atoms with van der Waals surface area (Å²) in [6.45, 7) is 2.63. The molecule has 0 aliphatic carbocycles. The van der Waals surface area contributed by atoms with Crippen LogP contribution in [-0.2, 0) is 11.4 Å². The number of nitro benzene ring substituents is 1. The van der Waals surface area contributed by atoms with E-state index >= 15 is 0 Å². The maximum absolute atomic E-state index is 12.4. The Morgan fingerprint density at radius 1 is 1.24 bits per heavy atom. The topological polar surface area (TPSA) is 81.9 Å². The van der Waals surface area contributed by atoms with Gasteiger partial charge < -0.3 is 9.47 Å². The highest BCUT2D eigenvalue weighted by atomic mass is 32.2. The highest BCUT2D eigenvalue weighted by Gasteiger charge is 2.30. The molecule has 2 aromatic carbocycles. The first kappa shape index (κ1) is 20.8. The number of thiocarbonyl (C=S) groups is 1. The number of rotatable bonds is 7. The molecule has 3 rings (SSSR count). The van der Waals surface area contributed by atoms with E-state index < -0.39 is 4.92 Å². The van der Waals surface area contributed by atoms with Crippen LogP contribution in [0, 0.1) is 10.1 Å². The third-order valence-corrected chi connectivity index (χ3v) is 5.61. The number of hydrogen-bond acceptors (Lipinski definition) is 7. The van der Waals surface area contributed by atoms with E-state index in [-0.39, 0.29) is 18.2 Å². The molecule has 0 radical (unpaired) electrons. The fourth-order valence-electron chi connectivity index (χ4n) is 2.75. The third-order valence-electron chi connectivity index (χ3n) is 4.23. The van der Waals surface area contributed by atoms with Gasteiger partial charge in [-0.05, 0) is 42.8 Å². The van der Waals surface area contributed by atoms with Crippen LogP contribution in [0.5, 0.6) is 11.5 Å². The maximum Gasteiger partial charge on any atom is 0.269 e. The fourth-order valence-corrected chi connectivity index (χ4v) is 4.13. The third kappa shape index (κ3) is 4.75. The van der Waals surface area contributed by atoms with E-state index in [1.165, 1.54) is 23.9 Å². The summed E-state index contributed by atoms with van der Waals surface area (Å²) in [4.78, 5) is 24.8. The Bertz CT molecular complexity index is 989. The minimum atomic E-state index is -0.461. The molecule has 7 nitrogen and oxygen atoms in total. The number of benzene rings is 2. The minimum absolute atomic E-state index is 0.00122. The Morgan fingerprint density at radius 3 is 2.55 bits per heavy atom. The number of thioether (sulfide) groups is 1. The molecule has 0 bridgehead atoms. The first-order valence-electron chi connectivity index (χ1n) is 8.72. The van der Waals surface area contributed by atoms with Gasteiger partial charge >= 0.3 is 0 Å². The number of amides is 1. The average molecular weight is 431 g/mol. The Balaban J connectivity index is 1.79. The lowest BCUT2D eigenvalue weighted by Gasteiger charge is -2.11. The molecular weight excluding hydrogens is 412 g/mol. The molecule has 0 spiro atoms. The van der Waals surface area contributed by atoms with Gasteiger partial charge in [-0.3, -0.25) is 19.8 Å². The number of ether oxygens (including phenoxy) is 2. The summed E-state index contributed by atoms with van der Waals surface area (Å²) in [5.41, 5.74) is 1.61. The second kappa shape index (κ2) is 9.06. The van der Waals surface area contributed by atoms with Gasteiger partial charge in [0.05, 0.1) is 16.9 Å². The molecule has 150 valence electrons. The highest BCUT2D eigenvalue weighted by molar-refractivity contribution is 8.26. The molecule has 0 aromatic heterocycles. The number of carbonyl (C=O) groups excluding carboxylic acids is 1.